The molecule has 0 aliphatic rings. The lowest BCUT2D eigenvalue weighted by Gasteiger charge is -2.11. The normalized spacial score (nSPS) is 11.0. The van der Waals surface area contributed by atoms with Gasteiger partial charge in [0.15, 0.2) is 5.16 Å². The van der Waals surface area contributed by atoms with Crippen LogP contribution in [0.4, 0.5) is 0 Å². The van der Waals surface area contributed by atoms with Gasteiger partial charge in [-0.1, -0.05) is 27.7 Å². The van der Waals surface area contributed by atoms with E-state index in [0.717, 1.165) is 4.47 Å². The first-order valence-electron chi connectivity index (χ1n) is 7.70. The number of hydrogen-bond acceptors (Lipinski definition) is 5. The second-order valence-corrected chi connectivity index (χ2v) is 7.11. The molecule has 0 atom stereocenters. The summed E-state index contributed by atoms with van der Waals surface area (Å²) in [7, 11) is 0. The SMILES string of the molecule is CCn1c(SCC(=O)NCc2ccco2)nc2ccc(Br)cc2c1=O. The highest BCUT2D eigenvalue weighted by Gasteiger charge is 2.13. The number of rotatable bonds is 6. The number of benzene rings is 1. The molecule has 1 aromatic carbocycles. The van der Waals surface area contributed by atoms with Gasteiger partial charge in [-0.15, -0.1) is 0 Å². The zero-order chi connectivity index (χ0) is 17.8. The molecule has 0 unspecified atom stereocenters. The topological polar surface area (TPSA) is 77.1 Å². The van der Waals surface area contributed by atoms with Crippen LogP contribution < -0.4 is 10.9 Å². The third-order valence-electron chi connectivity index (χ3n) is 3.57. The molecule has 1 amide bonds. The molecule has 1 N–H and O–H groups in total. The number of fused-ring (bicyclic) bond motifs is 1. The minimum atomic E-state index is -0.144. The smallest absolute Gasteiger partial charge is 0.262 e. The molecule has 0 saturated carbocycles. The number of amides is 1. The number of nitrogens with zero attached hydrogens (tertiary/aromatic N) is 2. The Kier molecular flexibility index (Phi) is 5.60. The fraction of sp³-hybridized carbons (Fsp3) is 0.235. The van der Waals surface area contributed by atoms with Crippen LogP contribution in [0.5, 0.6) is 0 Å². The van der Waals surface area contributed by atoms with E-state index in [-0.39, 0.29) is 17.2 Å². The molecule has 8 heteroatoms. The third-order valence-corrected chi connectivity index (χ3v) is 5.04. The molecule has 130 valence electrons. The van der Waals surface area contributed by atoms with Crippen LogP contribution >= 0.6 is 27.7 Å². The Morgan fingerprint density at radius 3 is 2.96 bits per heavy atom. The van der Waals surface area contributed by atoms with Crippen LogP contribution in [0.1, 0.15) is 12.7 Å². The van der Waals surface area contributed by atoms with Crippen LogP contribution in [0, 0.1) is 0 Å². The Hall–Kier alpha value is -2.06. The van der Waals surface area contributed by atoms with Crippen molar-refractivity contribution in [3.05, 3.63) is 57.2 Å². The van der Waals surface area contributed by atoms with Crippen molar-refractivity contribution in [2.75, 3.05) is 5.75 Å². The first-order chi connectivity index (χ1) is 12.1. The predicted octanol–water partition coefficient (Wildman–Crippen LogP) is 3.18. The van der Waals surface area contributed by atoms with Crippen molar-refractivity contribution in [2.45, 2.75) is 25.2 Å². The highest BCUT2D eigenvalue weighted by molar-refractivity contribution is 9.10. The van der Waals surface area contributed by atoms with Crippen molar-refractivity contribution >= 4 is 44.5 Å². The Labute approximate surface area is 156 Å². The molecule has 25 heavy (non-hydrogen) atoms. The van der Waals surface area contributed by atoms with E-state index in [0.29, 0.717) is 34.9 Å². The van der Waals surface area contributed by atoms with Gasteiger partial charge in [0.25, 0.3) is 5.56 Å². The molecule has 3 rings (SSSR count). The van der Waals surface area contributed by atoms with Gasteiger partial charge < -0.3 is 9.73 Å². The van der Waals surface area contributed by atoms with E-state index in [1.165, 1.54) is 11.8 Å². The quantitative estimate of drug-likeness (QED) is 0.488. The molecule has 0 aliphatic carbocycles. The number of aromatic nitrogens is 2. The summed E-state index contributed by atoms with van der Waals surface area (Å²) in [5.74, 6) is 0.724. The van der Waals surface area contributed by atoms with Gasteiger partial charge in [0.2, 0.25) is 5.91 Å². The van der Waals surface area contributed by atoms with E-state index < -0.39 is 0 Å². The lowest BCUT2D eigenvalue weighted by Crippen LogP contribution is -2.26. The molecule has 0 saturated heterocycles. The minimum absolute atomic E-state index is 0.104. The van der Waals surface area contributed by atoms with Crippen molar-refractivity contribution < 1.29 is 9.21 Å². The fourth-order valence-corrected chi connectivity index (χ4v) is 3.60. The predicted molar refractivity (Wildman–Crippen MR) is 101 cm³/mol. The largest absolute Gasteiger partial charge is 0.467 e. The highest BCUT2D eigenvalue weighted by atomic mass is 79.9. The van der Waals surface area contributed by atoms with Gasteiger partial charge in [-0.25, -0.2) is 4.98 Å². The summed E-state index contributed by atoms with van der Waals surface area (Å²) >= 11 is 4.62. The van der Waals surface area contributed by atoms with Gasteiger partial charge in [-0.3, -0.25) is 14.2 Å². The van der Waals surface area contributed by atoms with E-state index in [2.05, 4.69) is 26.2 Å². The van der Waals surface area contributed by atoms with Crippen molar-refractivity contribution in [3.63, 3.8) is 0 Å². The maximum Gasteiger partial charge on any atom is 0.262 e. The number of halogens is 1. The number of nitrogens with one attached hydrogen (secondary N) is 1. The molecule has 3 aromatic rings. The summed E-state index contributed by atoms with van der Waals surface area (Å²) in [5, 5.41) is 3.87. The summed E-state index contributed by atoms with van der Waals surface area (Å²) < 4.78 is 7.59. The highest BCUT2D eigenvalue weighted by Crippen LogP contribution is 2.20. The zero-order valence-electron chi connectivity index (χ0n) is 13.5. The molecule has 2 heterocycles. The van der Waals surface area contributed by atoms with E-state index >= 15 is 0 Å². The van der Waals surface area contributed by atoms with Crippen LogP contribution in [0.2, 0.25) is 0 Å². The Morgan fingerprint density at radius 1 is 1.40 bits per heavy atom. The van der Waals surface area contributed by atoms with Crippen LogP contribution in [-0.4, -0.2) is 21.2 Å². The minimum Gasteiger partial charge on any atom is -0.467 e. The van der Waals surface area contributed by atoms with E-state index in [9.17, 15) is 9.59 Å². The summed E-state index contributed by atoms with van der Waals surface area (Å²) in [4.78, 5) is 29.2. The summed E-state index contributed by atoms with van der Waals surface area (Å²) in [6.45, 7) is 2.71. The lowest BCUT2D eigenvalue weighted by atomic mass is 10.2. The number of carbonyl (C=O) groups is 1. The molecule has 0 aliphatic heterocycles. The van der Waals surface area contributed by atoms with Gasteiger partial charge in [-0.05, 0) is 37.3 Å². The standard InChI is InChI=1S/C17H16BrN3O3S/c1-2-21-16(23)13-8-11(18)5-6-14(13)20-17(21)25-10-15(22)19-9-12-4-3-7-24-12/h3-8H,2,9-10H2,1H3,(H,19,22). The summed E-state index contributed by atoms with van der Waals surface area (Å²) in [6, 6.07) is 8.97. The first kappa shape index (κ1) is 17.8. The number of carbonyl (C=O) groups excluding carboxylic acids is 1. The molecule has 0 bridgehead atoms. The van der Waals surface area contributed by atoms with Crippen molar-refractivity contribution in [1.29, 1.82) is 0 Å². The first-order valence-corrected chi connectivity index (χ1v) is 9.48. The lowest BCUT2D eigenvalue weighted by molar-refractivity contribution is -0.118. The van der Waals surface area contributed by atoms with Gasteiger partial charge >= 0.3 is 0 Å². The van der Waals surface area contributed by atoms with Crippen molar-refractivity contribution in [1.82, 2.24) is 14.9 Å². The molecule has 0 spiro atoms. The second-order valence-electron chi connectivity index (χ2n) is 5.25. The monoisotopic (exact) mass is 421 g/mol. The number of hydrogen-bond donors (Lipinski definition) is 1. The van der Waals surface area contributed by atoms with Crippen molar-refractivity contribution in [3.8, 4) is 0 Å². The van der Waals surface area contributed by atoms with E-state index in [1.54, 1.807) is 35.1 Å². The van der Waals surface area contributed by atoms with Gasteiger partial charge in [0, 0.05) is 11.0 Å². The zero-order valence-corrected chi connectivity index (χ0v) is 15.9. The maximum atomic E-state index is 12.6. The fourth-order valence-electron chi connectivity index (χ4n) is 2.34. The molecular formula is C17H16BrN3O3S. The van der Waals surface area contributed by atoms with E-state index in [1.807, 2.05) is 13.0 Å². The second kappa shape index (κ2) is 7.88. The van der Waals surface area contributed by atoms with E-state index in [4.69, 9.17) is 4.42 Å². The van der Waals surface area contributed by atoms with Crippen molar-refractivity contribution in [2.24, 2.45) is 0 Å². The Balaban J connectivity index is 1.75. The van der Waals surface area contributed by atoms with Gasteiger partial charge in [0.1, 0.15) is 5.76 Å². The molecule has 2 aromatic heterocycles. The van der Waals surface area contributed by atoms with Crippen LogP contribution in [0.25, 0.3) is 10.9 Å². The Bertz CT molecular complexity index is 954. The summed E-state index contributed by atoms with van der Waals surface area (Å²) in [6.07, 6.45) is 1.56. The van der Waals surface area contributed by atoms with Crippen LogP contribution in [-0.2, 0) is 17.9 Å². The number of furan rings is 1. The maximum absolute atomic E-state index is 12.6. The third kappa shape index (κ3) is 4.13. The molecule has 0 radical (unpaired) electrons. The molecule has 0 fully saturated rings. The van der Waals surface area contributed by atoms with Gasteiger partial charge in [-0.2, -0.15) is 0 Å². The van der Waals surface area contributed by atoms with Gasteiger partial charge in [0.05, 0.1) is 29.5 Å². The number of thioether (sulfide) groups is 1. The molecular weight excluding hydrogens is 406 g/mol. The molecule has 6 nitrogen and oxygen atoms in total. The van der Waals surface area contributed by atoms with Crippen LogP contribution in [0.15, 0.2) is 55.4 Å². The average Bonchev–Trinajstić information content (AvgIpc) is 3.12. The van der Waals surface area contributed by atoms with Crippen LogP contribution in [0.3, 0.4) is 0 Å². The Morgan fingerprint density at radius 2 is 2.24 bits per heavy atom. The summed E-state index contributed by atoms with van der Waals surface area (Å²) in [5.41, 5.74) is 0.517. The average molecular weight is 422 g/mol.